The van der Waals surface area contributed by atoms with E-state index < -0.39 is 0 Å². The molecule has 2 rings (SSSR count). The minimum absolute atomic E-state index is 0.313. The van der Waals surface area contributed by atoms with Crippen LogP contribution in [0.2, 0.25) is 0 Å². The minimum atomic E-state index is 0.313. The molecule has 2 aromatic carbocycles. The van der Waals surface area contributed by atoms with Crippen LogP contribution in [0.5, 0.6) is 11.5 Å². The van der Waals surface area contributed by atoms with Crippen molar-refractivity contribution in [3.63, 3.8) is 0 Å². The standard InChI is InChI=1S/C9H10O.C6H6O/c1-2-3-8-4-6-9(10)7-5-8;7-6-4-2-1-3-5-6/h2,4-7,10H,1,3H2;1-5,7H. The third-order valence-corrected chi connectivity index (χ3v) is 2.07. The van der Waals surface area contributed by atoms with Crippen molar-refractivity contribution in [1.29, 1.82) is 0 Å². The van der Waals surface area contributed by atoms with Crippen molar-refractivity contribution in [1.82, 2.24) is 0 Å². The van der Waals surface area contributed by atoms with Gasteiger partial charge in [-0.1, -0.05) is 36.4 Å². The number of hydrogen-bond acceptors (Lipinski definition) is 2. The summed E-state index contributed by atoms with van der Waals surface area (Å²) in [6, 6.07) is 15.8. The van der Waals surface area contributed by atoms with E-state index in [2.05, 4.69) is 6.58 Å². The Bertz CT molecular complexity index is 432. The van der Waals surface area contributed by atoms with Crippen molar-refractivity contribution in [2.75, 3.05) is 0 Å². The average molecular weight is 228 g/mol. The highest BCUT2D eigenvalue weighted by Gasteiger charge is 1.87. The lowest BCUT2D eigenvalue weighted by atomic mass is 10.1. The van der Waals surface area contributed by atoms with Crippen LogP contribution in [0.4, 0.5) is 0 Å². The van der Waals surface area contributed by atoms with Gasteiger partial charge in [0.25, 0.3) is 0 Å². The predicted molar refractivity (Wildman–Crippen MR) is 70.1 cm³/mol. The summed E-state index contributed by atoms with van der Waals surface area (Å²) in [6.45, 7) is 3.62. The van der Waals surface area contributed by atoms with E-state index in [4.69, 9.17) is 10.2 Å². The Balaban J connectivity index is 0.000000181. The number of para-hydroxylation sites is 1. The SMILES string of the molecule is C=CCc1ccc(O)cc1.Oc1ccccc1. The summed E-state index contributed by atoms with van der Waals surface area (Å²) < 4.78 is 0. The van der Waals surface area contributed by atoms with E-state index in [-0.39, 0.29) is 0 Å². The molecule has 0 saturated heterocycles. The lowest BCUT2D eigenvalue weighted by Crippen LogP contribution is -1.77. The Kier molecular flexibility index (Phi) is 5.38. The Morgan fingerprint density at radius 2 is 1.35 bits per heavy atom. The van der Waals surface area contributed by atoms with E-state index in [1.165, 1.54) is 5.56 Å². The number of phenolic OH excluding ortho intramolecular Hbond substituents is 2. The molecule has 2 aromatic rings. The van der Waals surface area contributed by atoms with Crippen LogP contribution in [-0.4, -0.2) is 10.2 Å². The highest BCUT2D eigenvalue weighted by molar-refractivity contribution is 5.26. The molecule has 0 radical (unpaired) electrons. The molecule has 0 bridgehead atoms. The topological polar surface area (TPSA) is 40.5 Å². The number of phenols is 2. The average Bonchev–Trinajstić information content (AvgIpc) is 2.34. The third-order valence-electron chi connectivity index (χ3n) is 2.07. The van der Waals surface area contributed by atoms with Gasteiger partial charge in [-0.3, -0.25) is 0 Å². The van der Waals surface area contributed by atoms with E-state index in [1.807, 2.05) is 24.3 Å². The molecule has 0 amide bonds. The van der Waals surface area contributed by atoms with E-state index in [9.17, 15) is 0 Å². The molecule has 0 aromatic heterocycles. The number of aromatic hydroxyl groups is 2. The summed E-state index contributed by atoms with van der Waals surface area (Å²) in [5, 5.41) is 17.5. The van der Waals surface area contributed by atoms with Crippen LogP contribution in [0, 0.1) is 0 Å². The van der Waals surface area contributed by atoms with Gasteiger partial charge in [0.1, 0.15) is 11.5 Å². The summed E-state index contributed by atoms with van der Waals surface area (Å²) >= 11 is 0. The highest BCUT2D eigenvalue weighted by atomic mass is 16.3. The maximum absolute atomic E-state index is 8.90. The Labute approximate surface area is 101 Å². The highest BCUT2D eigenvalue weighted by Crippen LogP contribution is 2.09. The van der Waals surface area contributed by atoms with Gasteiger partial charge in [-0.05, 0) is 36.2 Å². The third kappa shape index (κ3) is 5.42. The fraction of sp³-hybridized carbons (Fsp3) is 0.0667. The zero-order valence-corrected chi connectivity index (χ0v) is 9.58. The van der Waals surface area contributed by atoms with Gasteiger partial charge in [-0.25, -0.2) is 0 Å². The van der Waals surface area contributed by atoms with Crippen LogP contribution < -0.4 is 0 Å². The minimum Gasteiger partial charge on any atom is -0.508 e. The molecule has 0 unspecified atom stereocenters. The molecule has 2 N–H and O–H groups in total. The Morgan fingerprint density at radius 3 is 1.76 bits per heavy atom. The van der Waals surface area contributed by atoms with Crippen LogP contribution in [0.15, 0.2) is 67.3 Å². The van der Waals surface area contributed by atoms with Gasteiger partial charge in [-0.15, -0.1) is 6.58 Å². The second kappa shape index (κ2) is 7.12. The van der Waals surface area contributed by atoms with Gasteiger partial charge in [0.15, 0.2) is 0 Å². The monoisotopic (exact) mass is 228 g/mol. The predicted octanol–water partition coefficient (Wildman–Crippen LogP) is 3.51. The Hall–Kier alpha value is -2.22. The molecule has 2 nitrogen and oxygen atoms in total. The molecule has 17 heavy (non-hydrogen) atoms. The second-order valence-corrected chi connectivity index (χ2v) is 3.49. The number of rotatable bonds is 2. The molecule has 2 heteroatoms. The van der Waals surface area contributed by atoms with E-state index >= 15 is 0 Å². The second-order valence-electron chi connectivity index (χ2n) is 3.49. The quantitative estimate of drug-likeness (QED) is 0.772. The van der Waals surface area contributed by atoms with Gasteiger partial charge in [-0.2, -0.15) is 0 Å². The normalized spacial score (nSPS) is 8.94. The van der Waals surface area contributed by atoms with Crippen molar-refractivity contribution in [3.8, 4) is 11.5 Å². The molecule has 0 aliphatic rings. The van der Waals surface area contributed by atoms with Crippen molar-refractivity contribution in [2.24, 2.45) is 0 Å². The number of allylic oxidation sites excluding steroid dienone is 1. The van der Waals surface area contributed by atoms with Crippen LogP contribution in [0.3, 0.4) is 0 Å². The first kappa shape index (κ1) is 12.8. The van der Waals surface area contributed by atoms with E-state index in [0.29, 0.717) is 11.5 Å². The molecule has 0 saturated carbocycles. The zero-order chi connectivity index (χ0) is 12.5. The van der Waals surface area contributed by atoms with Gasteiger partial charge in [0.2, 0.25) is 0 Å². The van der Waals surface area contributed by atoms with Crippen molar-refractivity contribution in [3.05, 3.63) is 72.8 Å². The van der Waals surface area contributed by atoms with Crippen LogP contribution in [0.1, 0.15) is 5.56 Å². The van der Waals surface area contributed by atoms with Crippen LogP contribution >= 0.6 is 0 Å². The summed E-state index contributed by atoms with van der Waals surface area (Å²) in [5.74, 6) is 0.635. The van der Waals surface area contributed by atoms with Crippen molar-refractivity contribution >= 4 is 0 Å². The summed E-state index contributed by atoms with van der Waals surface area (Å²) in [6.07, 6.45) is 2.70. The molecule has 0 aliphatic carbocycles. The smallest absolute Gasteiger partial charge is 0.115 e. The summed E-state index contributed by atoms with van der Waals surface area (Å²) in [7, 11) is 0. The van der Waals surface area contributed by atoms with Crippen LogP contribution in [-0.2, 0) is 6.42 Å². The summed E-state index contributed by atoms with van der Waals surface area (Å²) in [4.78, 5) is 0. The summed E-state index contributed by atoms with van der Waals surface area (Å²) in [5.41, 5.74) is 1.17. The molecule has 88 valence electrons. The first-order valence-corrected chi connectivity index (χ1v) is 5.35. The largest absolute Gasteiger partial charge is 0.508 e. The molecular weight excluding hydrogens is 212 g/mol. The number of hydrogen-bond donors (Lipinski definition) is 2. The van der Waals surface area contributed by atoms with Gasteiger partial charge < -0.3 is 10.2 Å². The van der Waals surface area contributed by atoms with Crippen molar-refractivity contribution < 1.29 is 10.2 Å². The first-order chi connectivity index (χ1) is 8.22. The molecular formula is C15H16O2. The fourth-order valence-electron chi connectivity index (χ4n) is 1.23. The van der Waals surface area contributed by atoms with Gasteiger partial charge in [0, 0.05) is 0 Å². The fourth-order valence-corrected chi connectivity index (χ4v) is 1.23. The first-order valence-electron chi connectivity index (χ1n) is 5.35. The van der Waals surface area contributed by atoms with E-state index in [0.717, 1.165) is 6.42 Å². The molecule has 0 aliphatic heterocycles. The van der Waals surface area contributed by atoms with Gasteiger partial charge in [0.05, 0.1) is 0 Å². The maximum Gasteiger partial charge on any atom is 0.115 e. The number of benzene rings is 2. The Morgan fingerprint density at radius 1 is 0.824 bits per heavy atom. The lowest BCUT2D eigenvalue weighted by molar-refractivity contribution is 0.474. The van der Waals surface area contributed by atoms with Gasteiger partial charge >= 0.3 is 0 Å². The van der Waals surface area contributed by atoms with Crippen molar-refractivity contribution in [2.45, 2.75) is 6.42 Å². The zero-order valence-electron chi connectivity index (χ0n) is 9.58. The van der Waals surface area contributed by atoms with E-state index in [1.54, 1.807) is 36.4 Å². The van der Waals surface area contributed by atoms with Crippen LogP contribution in [0.25, 0.3) is 0 Å². The molecule has 0 spiro atoms. The lowest BCUT2D eigenvalue weighted by Gasteiger charge is -1.94. The molecule has 0 atom stereocenters. The molecule has 0 heterocycles. The maximum atomic E-state index is 8.90. The molecule has 0 fully saturated rings.